The Morgan fingerprint density at radius 3 is 2.25 bits per heavy atom. The standard InChI is InChI=1S/C24H29NO7/c1-13-15-9-17-18(31-12-30-17)10-16(15)20-14(11-25(13)23(26)32-24(2,3)4)8-19(27-5)21(28-6)22(20)29-7/h8-10,13H,11-12H2,1-7H3/t13-/m1/s1. The molecule has 2 aromatic rings. The van der Waals surface area contributed by atoms with Crippen LogP contribution in [0.25, 0.3) is 11.1 Å². The van der Waals surface area contributed by atoms with Crippen molar-refractivity contribution in [3.8, 4) is 39.9 Å². The van der Waals surface area contributed by atoms with Crippen LogP contribution < -0.4 is 23.7 Å². The summed E-state index contributed by atoms with van der Waals surface area (Å²) in [6.07, 6.45) is -0.407. The van der Waals surface area contributed by atoms with Crippen LogP contribution in [0.3, 0.4) is 0 Å². The maximum absolute atomic E-state index is 13.2. The molecule has 0 unspecified atom stereocenters. The summed E-state index contributed by atoms with van der Waals surface area (Å²) in [7, 11) is 4.73. The van der Waals surface area contributed by atoms with Crippen molar-refractivity contribution < 1.29 is 33.2 Å². The summed E-state index contributed by atoms with van der Waals surface area (Å²) < 4.78 is 34.0. The minimum absolute atomic E-state index is 0.151. The number of hydrogen-bond acceptors (Lipinski definition) is 7. The van der Waals surface area contributed by atoms with Gasteiger partial charge in [0.25, 0.3) is 0 Å². The second-order valence-corrected chi connectivity index (χ2v) is 8.76. The molecule has 8 nitrogen and oxygen atoms in total. The highest BCUT2D eigenvalue weighted by atomic mass is 16.7. The molecular weight excluding hydrogens is 414 g/mol. The van der Waals surface area contributed by atoms with E-state index in [1.165, 1.54) is 0 Å². The Hall–Kier alpha value is -3.29. The van der Waals surface area contributed by atoms with Crippen LogP contribution in [0, 0.1) is 0 Å². The van der Waals surface area contributed by atoms with Crippen LogP contribution in [-0.2, 0) is 11.3 Å². The SMILES string of the molecule is COc1cc2c(c(OC)c1OC)-c1cc3c(cc1[C@@H](C)N(C(=O)OC(C)(C)C)C2)OCO3. The lowest BCUT2D eigenvalue weighted by Gasteiger charge is -2.31. The van der Waals surface area contributed by atoms with Gasteiger partial charge >= 0.3 is 6.09 Å². The fraction of sp³-hybridized carbons (Fsp3) is 0.458. The third-order valence-corrected chi connectivity index (χ3v) is 5.61. The van der Waals surface area contributed by atoms with Crippen LogP contribution in [-0.4, -0.2) is 44.7 Å². The van der Waals surface area contributed by atoms with Gasteiger partial charge in [-0.3, -0.25) is 4.90 Å². The molecule has 0 saturated heterocycles. The van der Waals surface area contributed by atoms with E-state index < -0.39 is 11.7 Å². The molecule has 32 heavy (non-hydrogen) atoms. The van der Waals surface area contributed by atoms with Crippen LogP contribution in [0.5, 0.6) is 28.7 Å². The summed E-state index contributed by atoms with van der Waals surface area (Å²) in [4.78, 5) is 14.9. The number of ether oxygens (including phenoxy) is 6. The molecule has 2 aromatic carbocycles. The molecule has 0 saturated carbocycles. The van der Waals surface area contributed by atoms with Gasteiger partial charge in [0.2, 0.25) is 12.5 Å². The van der Waals surface area contributed by atoms with E-state index >= 15 is 0 Å². The van der Waals surface area contributed by atoms with Crippen LogP contribution >= 0.6 is 0 Å². The van der Waals surface area contributed by atoms with Crippen LogP contribution in [0.15, 0.2) is 18.2 Å². The quantitative estimate of drug-likeness (QED) is 0.666. The fourth-order valence-corrected chi connectivity index (χ4v) is 4.18. The molecule has 2 aliphatic rings. The van der Waals surface area contributed by atoms with Crippen molar-refractivity contribution in [2.24, 2.45) is 0 Å². The average molecular weight is 443 g/mol. The van der Waals surface area contributed by atoms with Crippen LogP contribution in [0.4, 0.5) is 4.79 Å². The third kappa shape index (κ3) is 3.63. The van der Waals surface area contributed by atoms with Crippen molar-refractivity contribution in [1.29, 1.82) is 0 Å². The van der Waals surface area contributed by atoms with Gasteiger partial charge in [0.05, 0.1) is 33.9 Å². The van der Waals surface area contributed by atoms with E-state index in [4.69, 9.17) is 28.4 Å². The van der Waals surface area contributed by atoms with Crippen LogP contribution in [0.2, 0.25) is 0 Å². The number of carbonyl (C=O) groups excluding carboxylic acids is 1. The van der Waals surface area contributed by atoms with Gasteiger partial charge in [-0.05, 0) is 62.6 Å². The number of nitrogens with zero attached hydrogens (tertiary/aromatic N) is 1. The van der Waals surface area contributed by atoms with Gasteiger partial charge in [-0.15, -0.1) is 0 Å². The van der Waals surface area contributed by atoms with E-state index in [0.29, 0.717) is 35.3 Å². The normalized spacial score (nSPS) is 16.6. The molecule has 0 spiro atoms. The van der Waals surface area contributed by atoms with E-state index in [1.54, 1.807) is 26.2 Å². The zero-order valence-electron chi connectivity index (χ0n) is 19.5. The molecule has 1 amide bonds. The molecule has 8 heteroatoms. The van der Waals surface area contributed by atoms with Crippen molar-refractivity contribution in [3.63, 3.8) is 0 Å². The highest BCUT2D eigenvalue weighted by Crippen LogP contribution is 2.53. The monoisotopic (exact) mass is 443 g/mol. The summed E-state index contributed by atoms with van der Waals surface area (Å²) in [5.74, 6) is 2.81. The van der Waals surface area contributed by atoms with Crippen molar-refractivity contribution in [2.45, 2.75) is 45.9 Å². The van der Waals surface area contributed by atoms with Crippen molar-refractivity contribution in [3.05, 3.63) is 29.3 Å². The lowest BCUT2D eigenvalue weighted by atomic mass is 9.92. The molecule has 2 heterocycles. The Labute approximate surface area is 187 Å². The first kappa shape index (κ1) is 21.9. The molecule has 0 bridgehead atoms. The van der Waals surface area contributed by atoms with Gasteiger partial charge in [0.15, 0.2) is 23.0 Å². The van der Waals surface area contributed by atoms with Crippen molar-refractivity contribution >= 4 is 6.09 Å². The van der Waals surface area contributed by atoms with E-state index in [0.717, 1.165) is 22.3 Å². The first-order valence-corrected chi connectivity index (χ1v) is 10.4. The number of carbonyl (C=O) groups is 1. The molecule has 4 rings (SSSR count). The van der Waals surface area contributed by atoms with Gasteiger partial charge < -0.3 is 28.4 Å². The third-order valence-electron chi connectivity index (χ3n) is 5.61. The Balaban J connectivity index is 1.99. The smallest absolute Gasteiger partial charge is 0.411 e. The fourth-order valence-electron chi connectivity index (χ4n) is 4.18. The Kier molecular flexibility index (Phi) is 5.48. The van der Waals surface area contributed by atoms with Crippen LogP contribution in [0.1, 0.15) is 44.9 Å². The summed E-state index contributed by atoms with van der Waals surface area (Å²) >= 11 is 0. The molecule has 0 N–H and O–H groups in total. The second-order valence-electron chi connectivity index (χ2n) is 8.76. The van der Waals surface area contributed by atoms with Gasteiger partial charge in [0, 0.05) is 5.56 Å². The van der Waals surface area contributed by atoms with Crippen molar-refractivity contribution in [1.82, 2.24) is 4.90 Å². The lowest BCUT2D eigenvalue weighted by molar-refractivity contribution is 0.0156. The molecule has 172 valence electrons. The van der Waals surface area contributed by atoms with Gasteiger partial charge in [-0.1, -0.05) is 0 Å². The minimum Gasteiger partial charge on any atom is -0.493 e. The Bertz CT molecular complexity index is 1060. The topological polar surface area (TPSA) is 75.7 Å². The number of methoxy groups -OCH3 is 3. The molecule has 0 aliphatic carbocycles. The number of rotatable bonds is 3. The molecule has 0 radical (unpaired) electrons. The molecule has 0 fully saturated rings. The highest BCUT2D eigenvalue weighted by Gasteiger charge is 2.36. The number of benzene rings is 2. The first-order chi connectivity index (χ1) is 15.2. The summed E-state index contributed by atoms with van der Waals surface area (Å²) in [5.41, 5.74) is 2.80. The maximum Gasteiger partial charge on any atom is 0.411 e. The van der Waals surface area contributed by atoms with Gasteiger partial charge in [-0.2, -0.15) is 0 Å². The zero-order chi connectivity index (χ0) is 23.2. The number of hydrogen-bond donors (Lipinski definition) is 0. The predicted octanol–water partition coefficient (Wildman–Crippen LogP) is 4.92. The first-order valence-electron chi connectivity index (χ1n) is 10.4. The predicted molar refractivity (Wildman–Crippen MR) is 118 cm³/mol. The van der Waals surface area contributed by atoms with E-state index in [9.17, 15) is 4.79 Å². The van der Waals surface area contributed by atoms with E-state index in [-0.39, 0.29) is 12.8 Å². The Morgan fingerprint density at radius 2 is 1.66 bits per heavy atom. The van der Waals surface area contributed by atoms with Gasteiger partial charge in [0.1, 0.15) is 5.60 Å². The lowest BCUT2D eigenvalue weighted by Crippen LogP contribution is -2.37. The molecule has 1 atom stereocenters. The van der Waals surface area contributed by atoms with Crippen molar-refractivity contribution in [2.75, 3.05) is 28.1 Å². The van der Waals surface area contributed by atoms with E-state index in [1.807, 2.05) is 45.9 Å². The highest BCUT2D eigenvalue weighted by molar-refractivity contribution is 5.85. The summed E-state index contributed by atoms with van der Waals surface area (Å²) in [6, 6.07) is 5.43. The molecule has 2 aliphatic heterocycles. The second kappa shape index (κ2) is 8.00. The maximum atomic E-state index is 13.2. The minimum atomic E-state index is -0.626. The Morgan fingerprint density at radius 1 is 1.00 bits per heavy atom. The van der Waals surface area contributed by atoms with Gasteiger partial charge in [-0.25, -0.2) is 4.79 Å². The zero-order valence-corrected chi connectivity index (χ0v) is 19.5. The summed E-state index contributed by atoms with van der Waals surface area (Å²) in [6.45, 7) is 7.97. The molecular formula is C24H29NO7. The molecule has 0 aromatic heterocycles. The number of fused-ring (bicyclic) bond motifs is 4. The summed E-state index contributed by atoms with van der Waals surface area (Å²) in [5, 5.41) is 0. The average Bonchev–Trinajstić information content (AvgIpc) is 3.16. The number of amides is 1. The largest absolute Gasteiger partial charge is 0.493 e. The van der Waals surface area contributed by atoms with E-state index in [2.05, 4.69) is 0 Å².